The molecular formula is C20H23N3O4. The number of carbonyl (C=O) groups excluding carboxylic acids is 1. The fraction of sp³-hybridized carbons (Fsp3) is 0.400. The van der Waals surface area contributed by atoms with Gasteiger partial charge in [-0.1, -0.05) is 0 Å². The number of ether oxygens (including phenoxy) is 2. The van der Waals surface area contributed by atoms with Crippen LogP contribution in [-0.4, -0.2) is 53.5 Å². The van der Waals surface area contributed by atoms with Gasteiger partial charge < -0.3 is 18.8 Å². The van der Waals surface area contributed by atoms with Gasteiger partial charge in [0.05, 0.1) is 19.8 Å². The van der Waals surface area contributed by atoms with E-state index >= 15 is 0 Å². The first-order valence-electron chi connectivity index (χ1n) is 9.11. The molecule has 1 aliphatic rings. The van der Waals surface area contributed by atoms with Crippen LogP contribution in [0.15, 0.2) is 41.1 Å². The maximum absolute atomic E-state index is 13.2. The Kier molecular flexibility index (Phi) is 4.85. The minimum absolute atomic E-state index is 0.0962. The van der Waals surface area contributed by atoms with Crippen LogP contribution in [0, 0.1) is 6.92 Å². The summed E-state index contributed by atoms with van der Waals surface area (Å²) in [4.78, 5) is 15.0. The van der Waals surface area contributed by atoms with E-state index in [9.17, 15) is 4.79 Å². The molecule has 1 amide bonds. The van der Waals surface area contributed by atoms with Gasteiger partial charge in [-0.05, 0) is 31.5 Å². The van der Waals surface area contributed by atoms with Gasteiger partial charge in [-0.15, -0.1) is 0 Å². The Bertz CT molecular complexity index is 932. The summed E-state index contributed by atoms with van der Waals surface area (Å²) < 4.78 is 18.9. The molecule has 7 heteroatoms. The predicted octanol–water partition coefficient (Wildman–Crippen LogP) is 2.88. The van der Waals surface area contributed by atoms with Gasteiger partial charge in [0.2, 0.25) is 0 Å². The van der Waals surface area contributed by atoms with Crippen LogP contribution in [0.3, 0.4) is 0 Å². The normalized spacial score (nSPS) is 17.9. The number of hydrogen-bond donors (Lipinski definition) is 0. The van der Waals surface area contributed by atoms with Crippen LogP contribution < -0.4 is 4.74 Å². The highest BCUT2D eigenvalue weighted by Gasteiger charge is 2.28. The molecule has 1 aromatic carbocycles. The quantitative estimate of drug-likeness (QED) is 0.707. The number of rotatable bonds is 4. The molecule has 0 N–H and O–H groups in total. The summed E-state index contributed by atoms with van der Waals surface area (Å²) >= 11 is 0. The number of aryl methyl sites for hydroxylation is 1. The zero-order valence-corrected chi connectivity index (χ0v) is 15.6. The van der Waals surface area contributed by atoms with Crippen LogP contribution in [0.25, 0.3) is 11.0 Å². The Balaban J connectivity index is 1.57. The van der Waals surface area contributed by atoms with E-state index in [-0.39, 0.29) is 12.0 Å². The minimum Gasteiger partial charge on any atom is -0.497 e. The van der Waals surface area contributed by atoms with Gasteiger partial charge in [-0.25, -0.2) is 0 Å². The van der Waals surface area contributed by atoms with E-state index in [1.54, 1.807) is 13.3 Å². The van der Waals surface area contributed by atoms with Crippen molar-refractivity contribution in [3.63, 3.8) is 0 Å². The highest BCUT2D eigenvalue weighted by atomic mass is 16.5. The standard InChI is InChI=1S/C20H23N3O4/c1-14-17-6-5-15(25-2)11-18(17)27-19(14)20(24)22-8-4-10-26-16(12-22)13-23-9-3-7-21-23/h3,5-7,9,11,16H,4,8,10,12-13H2,1-2H3/t16-/m1/s1. The van der Waals surface area contributed by atoms with Gasteiger partial charge in [0.1, 0.15) is 11.3 Å². The van der Waals surface area contributed by atoms with Gasteiger partial charge in [-0.3, -0.25) is 9.48 Å². The molecule has 3 heterocycles. The Morgan fingerprint density at radius 2 is 2.30 bits per heavy atom. The molecule has 142 valence electrons. The van der Waals surface area contributed by atoms with E-state index in [4.69, 9.17) is 13.9 Å². The fourth-order valence-electron chi connectivity index (χ4n) is 3.49. The van der Waals surface area contributed by atoms with E-state index in [0.717, 1.165) is 17.4 Å². The number of carbonyl (C=O) groups is 1. The monoisotopic (exact) mass is 369 g/mol. The SMILES string of the molecule is COc1ccc2c(C)c(C(=O)N3CCCO[C@@H](Cn4cccn4)C3)oc2c1. The predicted molar refractivity (Wildman–Crippen MR) is 100.0 cm³/mol. The molecular weight excluding hydrogens is 346 g/mol. The minimum atomic E-state index is -0.0985. The molecule has 1 saturated heterocycles. The lowest BCUT2D eigenvalue weighted by atomic mass is 10.1. The summed E-state index contributed by atoms with van der Waals surface area (Å²) in [5.41, 5.74) is 1.51. The Morgan fingerprint density at radius 1 is 1.41 bits per heavy atom. The van der Waals surface area contributed by atoms with Crippen molar-refractivity contribution in [1.29, 1.82) is 0 Å². The maximum Gasteiger partial charge on any atom is 0.289 e. The second-order valence-electron chi connectivity index (χ2n) is 6.74. The van der Waals surface area contributed by atoms with Crippen molar-refractivity contribution in [3.05, 3.63) is 48.0 Å². The highest BCUT2D eigenvalue weighted by Crippen LogP contribution is 2.29. The van der Waals surface area contributed by atoms with Gasteiger partial charge in [0.25, 0.3) is 5.91 Å². The third-order valence-corrected chi connectivity index (χ3v) is 4.93. The van der Waals surface area contributed by atoms with Gasteiger partial charge in [-0.2, -0.15) is 5.10 Å². The average Bonchev–Trinajstić information content (AvgIpc) is 3.23. The van der Waals surface area contributed by atoms with Crippen molar-refractivity contribution in [2.24, 2.45) is 0 Å². The largest absolute Gasteiger partial charge is 0.497 e. The lowest BCUT2D eigenvalue weighted by molar-refractivity contribution is 0.0358. The topological polar surface area (TPSA) is 69.7 Å². The second kappa shape index (κ2) is 7.44. The van der Waals surface area contributed by atoms with Crippen molar-refractivity contribution in [2.75, 3.05) is 26.8 Å². The number of aromatic nitrogens is 2. The number of benzene rings is 1. The van der Waals surface area contributed by atoms with Crippen LogP contribution >= 0.6 is 0 Å². The summed E-state index contributed by atoms with van der Waals surface area (Å²) in [7, 11) is 1.61. The molecule has 0 bridgehead atoms. The molecule has 1 fully saturated rings. The maximum atomic E-state index is 13.2. The van der Waals surface area contributed by atoms with Gasteiger partial charge in [0.15, 0.2) is 5.76 Å². The zero-order chi connectivity index (χ0) is 18.8. The summed E-state index contributed by atoms with van der Waals surface area (Å²) in [6.07, 6.45) is 4.35. The van der Waals surface area contributed by atoms with E-state index in [1.165, 1.54) is 0 Å². The Labute approximate surface area is 157 Å². The van der Waals surface area contributed by atoms with E-state index < -0.39 is 0 Å². The molecule has 2 aromatic heterocycles. The summed E-state index contributed by atoms with van der Waals surface area (Å²) in [5, 5.41) is 5.16. The number of nitrogens with zero attached hydrogens (tertiary/aromatic N) is 3. The number of fused-ring (bicyclic) bond motifs is 1. The molecule has 0 unspecified atom stereocenters. The first kappa shape index (κ1) is 17.6. The lowest BCUT2D eigenvalue weighted by Gasteiger charge is -2.23. The molecule has 3 aromatic rings. The van der Waals surface area contributed by atoms with E-state index in [0.29, 0.717) is 43.3 Å². The Morgan fingerprint density at radius 3 is 3.07 bits per heavy atom. The summed E-state index contributed by atoms with van der Waals surface area (Å²) in [6, 6.07) is 7.49. The first-order chi connectivity index (χ1) is 13.2. The number of amides is 1. The van der Waals surface area contributed by atoms with Gasteiger partial charge >= 0.3 is 0 Å². The van der Waals surface area contributed by atoms with Gasteiger partial charge in [0, 0.05) is 49.1 Å². The first-order valence-corrected chi connectivity index (χ1v) is 9.11. The number of hydrogen-bond acceptors (Lipinski definition) is 5. The smallest absolute Gasteiger partial charge is 0.289 e. The van der Waals surface area contributed by atoms with Crippen LogP contribution in [0.2, 0.25) is 0 Å². The van der Waals surface area contributed by atoms with Crippen molar-refractivity contribution in [2.45, 2.75) is 26.0 Å². The Hall–Kier alpha value is -2.80. The molecule has 4 rings (SSSR count). The second-order valence-corrected chi connectivity index (χ2v) is 6.74. The van der Waals surface area contributed by atoms with Crippen molar-refractivity contribution in [3.8, 4) is 5.75 Å². The summed E-state index contributed by atoms with van der Waals surface area (Å²) in [6.45, 7) is 4.33. The van der Waals surface area contributed by atoms with Crippen LogP contribution in [0.1, 0.15) is 22.5 Å². The third-order valence-electron chi connectivity index (χ3n) is 4.93. The number of furan rings is 1. The van der Waals surface area contributed by atoms with Crippen molar-refractivity contribution >= 4 is 16.9 Å². The molecule has 27 heavy (non-hydrogen) atoms. The molecule has 0 saturated carbocycles. The lowest BCUT2D eigenvalue weighted by Crippen LogP contribution is -2.38. The number of methoxy groups -OCH3 is 1. The van der Waals surface area contributed by atoms with E-state index in [2.05, 4.69) is 5.10 Å². The fourth-order valence-corrected chi connectivity index (χ4v) is 3.49. The highest BCUT2D eigenvalue weighted by molar-refractivity contribution is 5.99. The molecule has 7 nitrogen and oxygen atoms in total. The van der Waals surface area contributed by atoms with Crippen LogP contribution in [0.5, 0.6) is 5.75 Å². The molecule has 1 aliphatic heterocycles. The molecule has 0 spiro atoms. The van der Waals surface area contributed by atoms with Crippen molar-refractivity contribution < 1.29 is 18.7 Å². The van der Waals surface area contributed by atoms with Crippen LogP contribution in [-0.2, 0) is 11.3 Å². The van der Waals surface area contributed by atoms with Crippen molar-refractivity contribution in [1.82, 2.24) is 14.7 Å². The molecule has 0 radical (unpaired) electrons. The zero-order valence-electron chi connectivity index (χ0n) is 15.6. The third kappa shape index (κ3) is 3.55. The summed E-state index contributed by atoms with van der Waals surface area (Å²) in [5.74, 6) is 0.995. The molecule has 0 aliphatic carbocycles. The molecule has 1 atom stereocenters. The van der Waals surface area contributed by atoms with Crippen LogP contribution in [0.4, 0.5) is 0 Å². The van der Waals surface area contributed by atoms with E-state index in [1.807, 2.05) is 47.0 Å². The average molecular weight is 369 g/mol.